The van der Waals surface area contributed by atoms with Crippen molar-refractivity contribution in [2.45, 2.75) is 31.7 Å². The van der Waals surface area contributed by atoms with Crippen molar-refractivity contribution in [2.24, 2.45) is 0 Å². The van der Waals surface area contributed by atoms with E-state index in [1.165, 1.54) is 7.11 Å². The summed E-state index contributed by atoms with van der Waals surface area (Å²) in [5, 5.41) is 9.46. The monoisotopic (exact) mass is 292 g/mol. The van der Waals surface area contributed by atoms with Gasteiger partial charge in [-0.15, -0.1) is 0 Å². The lowest BCUT2D eigenvalue weighted by Crippen LogP contribution is -2.53. The van der Waals surface area contributed by atoms with E-state index in [1.807, 2.05) is 11.5 Å². The fourth-order valence-electron chi connectivity index (χ4n) is 3.74. The molecule has 0 spiro atoms. The fraction of sp³-hybridized carbons (Fsp3) is 0.600. The Hall–Kier alpha value is -1.82. The van der Waals surface area contributed by atoms with Crippen LogP contribution in [0.4, 0.5) is 0 Å². The predicted molar refractivity (Wildman–Crippen MR) is 76.8 cm³/mol. The smallest absolute Gasteiger partial charge is 0.274 e. The van der Waals surface area contributed by atoms with Gasteiger partial charge in [-0.05, 0) is 26.2 Å². The van der Waals surface area contributed by atoms with Crippen LogP contribution in [-0.4, -0.2) is 47.3 Å². The molecular formula is C15H20N2O4. The van der Waals surface area contributed by atoms with Crippen molar-refractivity contribution in [3.63, 3.8) is 0 Å². The van der Waals surface area contributed by atoms with E-state index in [0.717, 1.165) is 18.5 Å². The van der Waals surface area contributed by atoms with E-state index < -0.39 is 0 Å². The third-order valence-corrected chi connectivity index (χ3v) is 4.71. The number of nitrogens with zero attached hydrogens (tertiary/aromatic N) is 2. The SMILES string of the molecule is CCN1CC2(CCO)CCc3cc(=O)c(OC)c(n32)C1=O. The number of carbonyl (C=O) groups excluding carboxylic acids is 1. The molecular weight excluding hydrogens is 272 g/mol. The van der Waals surface area contributed by atoms with Gasteiger partial charge in [0.25, 0.3) is 5.91 Å². The first kappa shape index (κ1) is 14.1. The van der Waals surface area contributed by atoms with Crippen LogP contribution in [0, 0.1) is 0 Å². The fourth-order valence-corrected chi connectivity index (χ4v) is 3.74. The van der Waals surface area contributed by atoms with Crippen molar-refractivity contribution in [2.75, 3.05) is 26.8 Å². The number of amides is 1. The summed E-state index contributed by atoms with van der Waals surface area (Å²) in [6.07, 6.45) is 2.15. The molecule has 0 radical (unpaired) electrons. The molecule has 0 saturated heterocycles. The van der Waals surface area contributed by atoms with E-state index in [0.29, 0.717) is 25.2 Å². The van der Waals surface area contributed by atoms with E-state index in [9.17, 15) is 14.7 Å². The minimum absolute atomic E-state index is 0.0546. The van der Waals surface area contributed by atoms with Gasteiger partial charge >= 0.3 is 0 Å². The molecule has 0 bridgehead atoms. The van der Waals surface area contributed by atoms with Gasteiger partial charge < -0.3 is 19.3 Å². The largest absolute Gasteiger partial charge is 0.491 e. The Morgan fingerprint density at radius 2 is 2.19 bits per heavy atom. The molecule has 1 amide bonds. The van der Waals surface area contributed by atoms with Crippen molar-refractivity contribution >= 4 is 5.91 Å². The summed E-state index contributed by atoms with van der Waals surface area (Å²) in [6.45, 7) is 3.13. The van der Waals surface area contributed by atoms with Crippen molar-refractivity contribution in [3.05, 3.63) is 27.7 Å². The number of pyridine rings is 1. The summed E-state index contributed by atoms with van der Waals surface area (Å²) in [6, 6.07) is 1.57. The van der Waals surface area contributed by atoms with E-state index in [2.05, 4.69) is 0 Å². The van der Waals surface area contributed by atoms with Crippen LogP contribution in [0.5, 0.6) is 5.75 Å². The molecule has 3 rings (SSSR count). The molecule has 6 heteroatoms. The highest BCUT2D eigenvalue weighted by Crippen LogP contribution is 2.41. The quantitative estimate of drug-likeness (QED) is 0.869. The van der Waals surface area contributed by atoms with Gasteiger partial charge in [-0.1, -0.05) is 0 Å². The van der Waals surface area contributed by atoms with Crippen LogP contribution in [0.15, 0.2) is 10.9 Å². The number of carbonyl (C=O) groups is 1. The summed E-state index contributed by atoms with van der Waals surface area (Å²) in [5.74, 6) is -0.0464. The highest BCUT2D eigenvalue weighted by Gasteiger charge is 2.47. The Balaban J connectivity index is 2.31. The molecule has 1 atom stereocenters. The number of aliphatic hydroxyl groups excluding tert-OH is 1. The molecule has 0 aromatic carbocycles. The number of rotatable bonds is 4. The van der Waals surface area contributed by atoms with Gasteiger partial charge in [-0.3, -0.25) is 9.59 Å². The van der Waals surface area contributed by atoms with Gasteiger partial charge in [-0.25, -0.2) is 0 Å². The van der Waals surface area contributed by atoms with E-state index in [-0.39, 0.29) is 29.2 Å². The Morgan fingerprint density at radius 1 is 1.43 bits per heavy atom. The van der Waals surface area contributed by atoms with E-state index >= 15 is 0 Å². The van der Waals surface area contributed by atoms with Crippen LogP contribution < -0.4 is 10.2 Å². The summed E-state index contributed by atoms with van der Waals surface area (Å²) >= 11 is 0. The molecule has 1 N–H and O–H groups in total. The third-order valence-electron chi connectivity index (χ3n) is 4.71. The molecule has 2 aliphatic heterocycles. The number of aryl methyl sites for hydroxylation is 1. The van der Waals surface area contributed by atoms with Crippen LogP contribution in [0.1, 0.15) is 35.9 Å². The summed E-state index contributed by atoms with van der Waals surface area (Å²) in [4.78, 5) is 26.6. The average molecular weight is 292 g/mol. The number of likely N-dealkylation sites (N-methyl/N-ethyl adjacent to an activating group) is 1. The first-order chi connectivity index (χ1) is 10.1. The second-order valence-electron chi connectivity index (χ2n) is 5.73. The first-order valence-electron chi connectivity index (χ1n) is 7.31. The van der Waals surface area contributed by atoms with Crippen LogP contribution >= 0.6 is 0 Å². The molecule has 1 aromatic rings. The molecule has 1 aromatic heterocycles. The Labute approximate surface area is 122 Å². The normalized spacial score (nSPS) is 23.4. The maximum atomic E-state index is 12.7. The minimum atomic E-state index is -0.315. The highest BCUT2D eigenvalue weighted by atomic mass is 16.5. The number of aromatic nitrogens is 1. The number of hydrogen-bond donors (Lipinski definition) is 1. The van der Waals surface area contributed by atoms with Gasteiger partial charge in [0, 0.05) is 31.5 Å². The van der Waals surface area contributed by atoms with Crippen LogP contribution in [-0.2, 0) is 12.0 Å². The lowest BCUT2D eigenvalue weighted by Gasteiger charge is -2.43. The van der Waals surface area contributed by atoms with E-state index in [4.69, 9.17) is 4.74 Å². The summed E-state index contributed by atoms with van der Waals surface area (Å²) < 4.78 is 7.17. The van der Waals surface area contributed by atoms with Gasteiger partial charge in [-0.2, -0.15) is 0 Å². The molecule has 0 fully saturated rings. The van der Waals surface area contributed by atoms with Crippen LogP contribution in [0.25, 0.3) is 0 Å². The van der Waals surface area contributed by atoms with Gasteiger partial charge in [0.1, 0.15) is 0 Å². The summed E-state index contributed by atoms with van der Waals surface area (Å²) in [7, 11) is 1.42. The predicted octanol–water partition coefficient (Wildman–Crippen LogP) is 0.356. The molecule has 114 valence electrons. The zero-order valence-electron chi connectivity index (χ0n) is 12.4. The van der Waals surface area contributed by atoms with Gasteiger partial charge in [0.15, 0.2) is 11.4 Å². The second kappa shape index (κ2) is 4.87. The second-order valence-corrected chi connectivity index (χ2v) is 5.73. The van der Waals surface area contributed by atoms with Crippen LogP contribution in [0.3, 0.4) is 0 Å². The standard InChI is InChI=1S/C15H20N2O4/c1-3-16-9-15(6-7-18)5-4-10-8-11(19)13(21-2)12(14(16)20)17(10)15/h8,18H,3-7,9H2,1-2H3. The molecule has 0 saturated carbocycles. The molecule has 3 heterocycles. The maximum absolute atomic E-state index is 12.7. The van der Waals surface area contributed by atoms with Crippen molar-refractivity contribution < 1.29 is 14.6 Å². The number of aliphatic hydroxyl groups is 1. The van der Waals surface area contributed by atoms with Crippen molar-refractivity contribution in [1.82, 2.24) is 9.47 Å². The number of methoxy groups -OCH3 is 1. The molecule has 1 unspecified atom stereocenters. The zero-order valence-corrected chi connectivity index (χ0v) is 12.4. The van der Waals surface area contributed by atoms with Gasteiger partial charge in [0.05, 0.1) is 12.6 Å². The molecule has 21 heavy (non-hydrogen) atoms. The van der Waals surface area contributed by atoms with Gasteiger partial charge in [0.2, 0.25) is 5.43 Å². The third kappa shape index (κ3) is 1.82. The Bertz CT molecular complexity index is 652. The zero-order chi connectivity index (χ0) is 15.2. The molecule has 6 nitrogen and oxygen atoms in total. The van der Waals surface area contributed by atoms with Crippen molar-refractivity contribution in [3.8, 4) is 5.75 Å². The number of hydrogen-bond acceptors (Lipinski definition) is 4. The number of ether oxygens (including phenoxy) is 1. The minimum Gasteiger partial charge on any atom is -0.491 e. The lowest BCUT2D eigenvalue weighted by molar-refractivity contribution is 0.0513. The Kier molecular flexibility index (Phi) is 3.28. The molecule has 2 aliphatic rings. The highest BCUT2D eigenvalue weighted by molar-refractivity contribution is 5.96. The summed E-state index contributed by atoms with van der Waals surface area (Å²) in [5.41, 5.74) is 0.655. The average Bonchev–Trinajstić information content (AvgIpc) is 2.81. The van der Waals surface area contributed by atoms with Crippen LogP contribution in [0.2, 0.25) is 0 Å². The van der Waals surface area contributed by atoms with E-state index in [1.54, 1.807) is 11.0 Å². The molecule has 0 aliphatic carbocycles. The lowest BCUT2D eigenvalue weighted by atomic mass is 9.89. The Morgan fingerprint density at radius 3 is 2.81 bits per heavy atom. The first-order valence-corrected chi connectivity index (χ1v) is 7.31. The van der Waals surface area contributed by atoms with Crippen molar-refractivity contribution in [1.29, 1.82) is 0 Å². The topological polar surface area (TPSA) is 71.8 Å². The maximum Gasteiger partial charge on any atom is 0.274 e.